The highest BCUT2D eigenvalue weighted by molar-refractivity contribution is 7.89. The van der Waals surface area contributed by atoms with E-state index in [9.17, 15) is 18.0 Å². The van der Waals surface area contributed by atoms with Crippen molar-refractivity contribution >= 4 is 22.0 Å². The molecule has 0 amide bonds. The fourth-order valence-corrected chi connectivity index (χ4v) is 5.95. The number of aliphatic hydroxyl groups excluding tert-OH is 1. The molecule has 1 aromatic heterocycles. The maximum absolute atomic E-state index is 13.9. The predicted molar refractivity (Wildman–Crippen MR) is 186 cm³/mol. The molecule has 11 nitrogen and oxygen atoms in total. The first-order chi connectivity index (χ1) is 22.2. The lowest BCUT2D eigenvalue weighted by Crippen LogP contribution is -2.36. The maximum atomic E-state index is 13.9. The number of dihydropyridines is 1. The summed E-state index contributed by atoms with van der Waals surface area (Å²) in [7, 11) is -0.728. The van der Waals surface area contributed by atoms with Gasteiger partial charge in [-0.05, 0) is 86.6 Å². The molecule has 1 aliphatic heterocycles. The van der Waals surface area contributed by atoms with Crippen molar-refractivity contribution < 1.29 is 32.6 Å². The van der Waals surface area contributed by atoms with Gasteiger partial charge in [0, 0.05) is 49.4 Å². The number of hydrogen-bond donors (Lipinski definition) is 2. The van der Waals surface area contributed by atoms with Crippen molar-refractivity contribution in [2.45, 2.75) is 84.3 Å². The highest BCUT2D eigenvalue weighted by Crippen LogP contribution is 2.44. The summed E-state index contributed by atoms with van der Waals surface area (Å²) in [5.74, 6) is -2.10. The number of nitrogens with zero attached hydrogens (tertiary/aromatic N) is 3. The molecule has 0 unspecified atom stereocenters. The molecule has 260 valence electrons. The van der Waals surface area contributed by atoms with Gasteiger partial charge in [-0.2, -0.15) is 5.10 Å². The number of carbonyl (C=O) groups excluding carboxylic acids is 2. The Kier molecular flexibility index (Phi) is 11.8. The minimum absolute atomic E-state index is 0.123. The average molecular weight is 681 g/mol. The van der Waals surface area contributed by atoms with Crippen LogP contribution in [-0.4, -0.2) is 71.5 Å². The molecule has 48 heavy (non-hydrogen) atoms. The third-order valence-corrected chi connectivity index (χ3v) is 8.81. The fraction of sp³-hybridized carbons (Fsp3) is 0.417. The molecule has 0 saturated heterocycles. The molecule has 2 aromatic carbocycles. The zero-order chi connectivity index (χ0) is 36.2. The van der Waals surface area contributed by atoms with E-state index in [0.29, 0.717) is 28.2 Å². The normalized spacial score (nSPS) is 14.4. The molecule has 0 atom stereocenters. The van der Waals surface area contributed by atoms with Gasteiger partial charge in [-0.1, -0.05) is 30.3 Å². The van der Waals surface area contributed by atoms with Gasteiger partial charge in [-0.3, -0.25) is 0 Å². The van der Waals surface area contributed by atoms with E-state index < -0.39 is 39.1 Å². The number of sulfonamides is 1. The van der Waals surface area contributed by atoms with Crippen molar-refractivity contribution in [3.63, 3.8) is 0 Å². The van der Waals surface area contributed by atoms with Crippen LogP contribution < -0.4 is 5.32 Å². The van der Waals surface area contributed by atoms with Crippen LogP contribution in [0.4, 0.5) is 0 Å². The van der Waals surface area contributed by atoms with Crippen molar-refractivity contribution in [3.8, 4) is 16.9 Å². The van der Waals surface area contributed by atoms with Crippen LogP contribution in [0.5, 0.6) is 0 Å². The zero-order valence-corrected chi connectivity index (χ0v) is 30.5. The van der Waals surface area contributed by atoms with E-state index in [1.165, 1.54) is 26.2 Å². The largest absolute Gasteiger partial charge is 0.457 e. The molecule has 4 rings (SSSR count). The van der Waals surface area contributed by atoms with E-state index >= 15 is 0 Å². The van der Waals surface area contributed by atoms with Gasteiger partial charge in [0.15, 0.2) is 0 Å². The number of aliphatic hydroxyl groups is 1. The summed E-state index contributed by atoms with van der Waals surface area (Å²) in [4.78, 5) is 28.0. The third-order valence-electron chi connectivity index (χ3n) is 6.98. The standard InChI is InChI=1S/C34H42N4O6S.C2H6O/c1-21-27(31(39)43-33(3,4)5)29(28(22(2)35-21)32(40)44-34(6,7)8)26-20-38(24-14-12-11-13-15-24)36-30(26)23-16-18-25(19-17-23)45(41,42)37(9)10;1-2-3/h11-20,29,35H,1-10H3;3H,2H2,1H3. The van der Waals surface area contributed by atoms with Crippen molar-refractivity contribution in [1.82, 2.24) is 19.4 Å². The van der Waals surface area contributed by atoms with Gasteiger partial charge in [0.05, 0.1) is 33.3 Å². The predicted octanol–water partition coefficient (Wildman–Crippen LogP) is 5.71. The number of rotatable bonds is 7. The van der Waals surface area contributed by atoms with E-state index in [4.69, 9.17) is 19.7 Å². The van der Waals surface area contributed by atoms with Crippen molar-refractivity contribution in [1.29, 1.82) is 0 Å². The molecule has 0 saturated carbocycles. The Hall–Kier alpha value is -4.26. The van der Waals surface area contributed by atoms with Crippen LogP contribution in [0.2, 0.25) is 0 Å². The Balaban J connectivity index is 0.00000201. The van der Waals surface area contributed by atoms with Gasteiger partial charge in [0.2, 0.25) is 10.0 Å². The van der Waals surface area contributed by atoms with Crippen LogP contribution in [0.1, 0.15) is 73.8 Å². The number of benzene rings is 2. The third kappa shape index (κ3) is 9.00. The van der Waals surface area contributed by atoms with Crippen LogP contribution in [-0.2, 0) is 29.1 Å². The number of nitrogens with one attached hydrogen (secondary N) is 1. The Labute approximate surface area is 284 Å². The highest BCUT2D eigenvalue weighted by Gasteiger charge is 2.42. The van der Waals surface area contributed by atoms with Crippen molar-refractivity contribution in [2.75, 3.05) is 20.7 Å². The molecular formula is C36H48N4O7S. The molecule has 2 heterocycles. The van der Waals surface area contributed by atoms with Gasteiger partial charge in [0.25, 0.3) is 0 Å². The number of aromatic nitrogens is 2. The summed E-state index contributed by atoms with van der Waals surface area (Å²) in [5.41, 5.74) is 2.31. The minimum Gasteiger partial charge on any atom is -0.457 e. The molecule has 12 heteroatoms. The molecule has 1 aliphatic rings. The second kappa shape index (κ2) is 14.9. The number of para-hydroxylation sites is 1. The van der Waals surface area contributed by atoms with Crippen LogP contribution in [0.25, 0.3) is 16.9 Å². The Morgan fingerprint density at radius 1 is 0.875 bits per heavy atom. The molecule has 0 spiro atoms. The SMILES string of the molecule is CC1=C(C(=O)OC(C)(C)C)C(c2cn(-c3ccccc3)nc2-c2ccc(S(=O)(=O)N(C)C)cc2)C(C(=O)OC(C)(C)C)=C(C)N1.CCO. The number of esters is 2. The summed E-state index contributed by atoms with van der Waals surface area (Å²) in [5, 5.41) is 15.7. The summed E-state index contributed by atoms with van der Waals surface area (Å²) in [6.45, 7) is 16.2. The number of carbonyl (C=O) groups is 2. The second-order valence-corrected chi connectivity index (χ2v) is 15.6. The molecule has 0 bridgehead atoms. The maximum Gasteiger partial charge on any atom is 0.337 e. The lowest BCUT2D eigenvalue weighted by molar-refractivity contribution is -0.150. The van der Waals surface area contributed by atoms with Gasteiger partial charge in [-0.15, -0.1) is 0 Å². The van der Waals surface area contributed by atoms with Gasteiger partial charge < -0.3 is 19.9 Å². The fourth-order valence-electron chi connectivity index (χ4n) is 5.04. The van der Waals surface area contributed by atoms with Crippen LogP contribution >= 0.6 is 0 Å². The summed E-state index contributed by atoms with van der Waals surface area (Å²) in [6.07, 6.45) is 1.79. The van der Waals surface area contributed by atoms with Crippen LogP contribution in [0.3, 0.4) is 0 Å². The highest BCUT2D eigenvalue weighted by atomic mass is 32.2. The van der Waals surface area contributed by atoms with Crippen molar-refractivity contribution in [2.24, 2.45) is 0 Å². The number of allylic oxidation sites excluding steroid dienone is 2. The number of ether oxygens (including phenoxy) is 2. The Morgan fingerprint density at radius 2 is 1.33 bits per heavy atom. The summed E-state index contributed by atoms with van der Waals surface area (Å²) in [6, 6.07) is 15.8. The second-order valence-electron chi connectivity index (χ2n) is 13.5. The molecule has 2 N–H and O–H groups in total. The van der Waals surface area contributed by atoms with E-state index in [2.05, 4.69) is 5.32 Å². The van der Waals surface area contributed by atoms with E-state index in [0.717, 1.165) is 9.99 Å². The van der Waals surface area contributed by atoms with E-state index in [1.807, 2.05) is 30.3 Å². The molecule has 0 aliphatic carbocycles. The van der Waals surface area contributed by atoms with Gasteiger partial charge >= 0.3 is 11.9 Å². The first kappa shape index (κ1) is 38.2. The average Bonchev–Trinajstić information content (AvgIpc) is 3.41. The first-order valence-electron chi connectivity index (χ1n) is 15.7. The lowest BCUT2D eigenvalue weighted by Gasteiger charge is -2.33. The van der Waals surface area contributed by atoms with Crippen molar-refractivity contribution in [3.05, 3.63) is 88.9 Å². The van der Waals surface area contributed by atoms with Gasteiger partial charge in [0.1, 0.15) is 11.2 Å². The smallest absolute Gasteiger partial charge is 0.337 e. The quantitative estimate of drug-likeness (QED) is 0.301. The Bertz CT molecular complexity index is 1740. The molecule has 3 aromatic rings. The first-order valence-corrected chi connectivity index (χ1v) is 17.1. The monoisotopic (exact) mass is 680 g/mol. The zero-order valence-electron chi connectivity index (χ0n) is 29.7. The molecular weight excluding hydrogens is 632 g/mol. The topological polar surface area (TPSA) is 140 Å². The lowest BCUT2D eigenvalue weighted by atomic mass is 9.79. The van der Waals surface area contributed by atoms with E-state index in [1.54, 1.807) is 85.3 Å². The van der Waals surface area contributed by atoms with E-state index in [-0.39, 0.29) is 22.6 Å². The summed E-state index contributed by atoms with van der Waals surface area (Å²) < 4.78 is 40.2. The van der Waals surface area contributed by atoms with Crippen LogP contribution in [0.15, 0.2) is 88.2 Å². The summed E-state index contributed by atoms with van der Waals surface area (Å²) >= 11 is 0. The van der Waals surface area contributed by atoms with Crippen LogP contribution in [0, 0.1) is 0 Å². The Morgan fingerprint density at radius 3 is 1.75 bits per heavy atom. The molecule has 0 fully saturated rings. The number of hydrogen-bond acceptors (Lipinski definition) is 9. The van der Waals surface area contributed by atoms with Gasteiger partial charge in [-0.25, -0.2) is 27.0 Å². The minimum atomic E-state index is -3.67. The molecule has 0 radical (unpaired) electrons.